The van der Waals surface area contributed by atoms with E-state index in [9.17, 15) is 0 Å². The van der Waals surface area contributed by atoms with Gasteiger partial charge in [-0.15, -0.1) is 6.42 Å². The lowest BCUT2D eigenvalue weighted by atomic mass is 10.2. The molecule has 0 bridgehead atoms. The van der Waals surface area contributed by atoms with Gasteiger partial charge in [-0.25, -0.2) is 4.98 Å². The Hall–Kier alpha value is -1.75. The Morgan fingerprint density at radius 3 is 2.60 bits per heavy atom. The van der Waals surface area contributed by atoms with Gasteiger partial charge in [0.2, 0.25) is 0 Å². The smallest absolute Gasteiger partial charge is 0.139 e. The van der Waals surface area contributed by atoms with Crippen LogP contribution in [-0.4, -0.2) is 9.38 Å². The molecule has 0 N–H and O–H groups in total. The van der Waals surface area contributed by atoms with E-state index >= 15 is 0 Å². The fourth-order valence-electron chi connectivity index (χ4n) is 1.47. The molecule has 0 spiro atoms. The fraction of sp³-hybridized carbons (Fsp3) is 0.308. The second-order valence-corrected chi connectivity index (χ2v) is 3.17. The van der Waals surface area contributed by atoms with Gasteiger partial charge in [0.15, 0.2) is 0 Å². The Morgan fingerprint density at radius 1 is 1.33 bits per heavy atom. The lowest BCUT2D eigenvalue weighted by molar-refractivity contribution is 1.15. The molecule has 0 amide bonds. The first kappa shape index (κ1) is 11.3. The van der Waals surface area contributed by atoms with E-state index in [2.05, 4.69) is 10.9 Å². The molecular weight excluding hydrogens is 184 g/mol. The van der Waals surface area contributed by atoms with E-state index in [1.807, 2.05) is 50.6 Å². The van der Waals surface area contributed by atoms with Crippen molar-refractivity contribution in [3.05, 3.63) is 35.3 Å². The summed E-state index contributed by atoms with van der Waals surface area (Å²) in [5.41, 5.74) is 4.00. The lowest BCUT2D eigenvalue weighted by Crippen LogP contribution is -1.88. The minimum atomic E-state index is 0. The van der Waals surface area contributed by atoms with Crippen LogP contribution < -0.4 is 0 Å². The summed E-state index contributed by atoms with van der Waals surface area (Å²) in [6.45, 7) is 7.99. The topological polar surface area (TPSA) is 17.3 Å². The third kappa shape index (κ3) is 2.19. The summed E-state index contributed by atoms with van der Waals surface area (Å²) >= 11 is 0. The van der Waals surface area contributed by atoms with Crippen LogP contribution in [-0.2, 0) is 0 Å². The van der Waals surface area contributed by atoms with E-state index in [1.54, 1.807) is 0 Å². The third-order valence-electron chi connectivity index (χ3n) is 2.02. The molecule has 0 saturated heterocycles. The molecule has 0 unspecified atom stereocenters. The monoisotopic (exact) mass is 202 g/mol. The summed E-state index contributed by atoms with van der Waals surface area (Å²) in [4.78, 5) is 4.38. The predicted octanol–water partition coefficient (Wildman–Crippen LogP) is 3.20. The van der Waals surface area contributed by atoms with E-state index in [4.69, 9.17) is 6.42 Å². The van der Waals surface area contributed by atoms with Crippen molar-refractivity contribution < 1.29 is 1.43 Å². The molecule has 2 aromatic heterocycles. The quantitative estimate of drug-likeness (QED) is 0.600. The molecule has 2 nitrogen and oxygen atoms in total. The Bertz CT molecular complexity index is 506. The molecule has 2 rings (SSSR count). The minimum Gasteiger partial charge on any atom is -0.305 e. The SMILES string of the molecule is C#Cc1cc(C)c2nc(C)cn2c1.CC.[HH]. The van der Waals surface area contributed by atoms with Gasteiger partial charge in [0.1, 0.15) is 5.65 Å². The average Bonchev–Trinajstić information content (AvgIpc) is 2.62. The summed E-state index contributed by atoms with van der Waals surface area (Å²) in [5.74, 6) is 2.62. The maximum Gasteiger partial charge on any atom is 0.139 e. The Kier molecular flexibility index (Phi) is 3.51. The van der Waals surface area contributed by atoms with Crippen LogP contribution in [0.1, 0.15) is 32.1 Å². The second kappa shape index (κ2) is 4.65. The van der Waals surface area contributed by atoms with Gasteiger partial charge in [-0.05, 0) is 25.5 Å². The fourth-order valence-corrected chi connectivity index (χ4v) is 1.47. The van der Waals surface area contributed by atoms with Crippen molar-refractivity contribution in [2.75, 3.05) is 0 Å². The van der Waals surface area contributed by atoms with Crippen molar-refractivity contribution in [3.63, 3.8) is 0 Å². The van der Waals surface area contributed by atoms with Gasteiger partial charge in [0.25, 0.3) is 0 Å². The Labute approximate surface area is 92.4 Å². The number of imidazole rings is 1. The Morgan fingerprint density at radius 2 is 2.00 bits per heavy atom. The van der Waals surface area contributed by atoms with E-state index in [1.165, 1.54) is 0 Å². The van der Waals surface area contributed by atoms with E-state index in [0.29, 0.717) is 0 Å². The van der Waals surface area contributed by atoms with Gasteiger partial charge in [0, 0.05) is 19.4 Å². The molecule has 0 aliphatic rings. The largest absolute Gasteiger partial charge is 0.305 e. The highest BCUT2D eigenvalue weighted by molar-refractivity contribution is 5.51. The molecular formula is C13H18N2. The first-order valence-corrected chi connectivity index (χ1v) is 5.13. The highest BCUT2D eigenvalue weighted by atomic mass is 15.0. The first-order chi connectivity index (χ1) is 7.20. The summed E-state index contributed by atoms with van der Waals surface area (Å²) < 4.78 is 1.97. The zero-order valence-corrected chi connectivity index (χ0v) is 9.70. The van der Waals surface area contributed by atoms with Crippen molar-refractivity contribution >= 4 is 5.65 Å². The number of nitrogens with zero attached hydrogens (tertiary/aromatic N) is 2. The molecule has 15 heavy (non-hydrogen) atoms. The molecule has 0 aliphatic heterocycles. The van der Waals surface area contributed by atoms with Crippen LogP contribution >= 0.6 is 0 Å². The highest BCUT2D eigenvalue weighted by Crippen LogP contribution is 2.11. The van der Waals surface area contributed by atoms with E-state index in [-0.39, 0.29) is 1.43 Å². The molecule has 2 aromatic rings. The van der Waals surface area contributed by atoms with E-state index < -0.39 is 0 Å². The number of terminal acetylenes is 1. The number of rotatable bonds is 0. The predicted molar refractivity (Wildman–Crippen MR) is 66.1 cm³/mol. The van der Waals surface area contributed by atoms with Gasteiger partial charge in [-0.3, -0.25) is 0 Å². The number of pyridine rings is 1. The molecule has 0 radical (unpaired) electrons. The molecule has 0 fully saturated rings. The van der Waals surface area contributed by atoms with Gasteiger partial charge in [0.05, 0.1) is 5.69 Å². The van der Waals surface area contributed by atoms with E-state index in [0.717, 1.165) is 22.5 Å². The van der Waals surface area contributed by atoms with Crippen LogP contribution in [0.3, 0.4) is 0 Å². The van der Waals surface area contributed by atoms with Crippen LogP contribution in [0.2, 0.25) is 0 Å². The molecule has 0 aliphatic carbocycles. The minimum absolute atomic E-state index is 0. The third-order valence-corrected chi connectivity index (χ3v) is 2.02. The standard InChI is InChI=1S/C11H10N2.C2H6.H2/c1-4-10-5-8(2)11-12-9(3)6-13(11)7-10;1-2;/h1,5-7H,2-3H3;1-2H3;1H. The maximum atomic E-state index is 5.33. The van der Waals surface area contributed by atoms with Crippen molar-refractivity contribution in [1.82, 2.24) is 9.38 Å². The second-order valence-electron chi connectivity index (χ2n) is 3.17. The van der Waals surface area contributed by atoms with Crippen molar-refractivity contribution in [2.24, 2.45) is 0 Å². The van der Waals surface area contributed by atoms with Crippen LogP contribution in [0.4, 0.5) is 0 Å². The summed E-state index contributed by atoms with van der Waals surface area (Å²) in [6, 6.07) is 1.97. The summed E-state index contributed by atoms with van der Waals surface area (Å²) in [6.07, 6.45) is 9.23. The normalized spacial score (nSPS) is 9.27. The van der Waals surface area contributed by atoms with Gasteiger partial charge in [-0.1, -0.05) is 19.8 Å². The summed E-state index contributed by atoms with van der Waals surface area (Å²) in [7, 11) is 0. The molecule has 0 saturated carbocycles. The number of fused-ring (bicyclic) bond motifs is 1. The van der Waals surface area contributed by atoms with Crippen molar-refractivity contribution in [1.29, 1.82) is 0 Å². The molecule has 2 heteroatoms. The maximum absolute atomic E-state index is 5.33. The van der Waals surface area contributed by atoms with Crippen LogP contribution in [0.25, 0.3) is 5.65 Å². The number of aromatic nitrogens is 2. The van der Waals surface area contributed by atoms with Crippen LogP contribution in [0.5, 0.6) is 0 Å². The molecule has 0 aromatic carbocycles. The number of hydrogen-bond acceptors (Lipinski definition) is 1. The Balaban J connectivity index is 0.000000711. The van der Waals surface area contributed by atoms with Gasteiger partial charge >= 0.3 is 0 Å². The van der Waals surface area contributed by atoms with Crippen LogP contribution in [0, 0.1) is 26.2 Å². The molecule has 0 atom stereocenters. The number of aryl methyl sites for hydroxylation is 2. The molecule has 80 valence electrons. The zero-order valence-electron chi connectivity index (χ0n) is 9.70. The lowest BCUT2D eigenvalue weighted by Gasteiger charge is -1.98. The first-order valence-electron chi connectivity index (χ1n) is 5.13. The van der Waals surface area contributed by atoms with Crippen LogP contribution in [0.15, 0.2) is 18.5 Å². The van der Waals surface area contributed by atoms with Crippen molar-refractivity contribution in [3.8, 4) is 12.3 Å². The van der Waals surface area contributed by atoms with Gasteiger partial charge < -0.3 is 4.40 Å². The average molecular weight is 202 g/mol. The summed E-state index contributed by atoms with van der Waals surface area (Å²) in [5, 5.41) is 0. The highest BCUT2D eigenvalue weighted by Gasteiger charge is 2.01. The number of hydrogen-bond donors (Lipinski definition) is 0. The molecule has 2 heterocycles. The van der Waals surface area contributed by atoms with Gasteiger partial charge in [-0.2, -0.15) is 0 Å². The zero-order chi connectivity index (χ0) is 11.4. The van der Waals surface area contributed by atoms with Crippen molar-refractivity contribution in [2.45, 2.75) is 27.7 Å².